The van der Waals surface area contributed by atoms with Gasteiger partial charge in [0.05, 0.1) is 17.3 Å². The van der Waals surface area contributed by atoms with E-state index < -0.39 is 17.8 Å². The molecule has 0 amide bonds. The molecule has 8 heteroatoms. The van der Waals surface area contributed by atoms with Crippen molar-refractivity contribution in [3.63, 3.8) is 0 Å². The zero-order chi connectivity index (χ0) is 15.6. The summed E-state index contributed by atoms with van der Waals surface area (Å²) in [6.45, 7) is 0. The summed E-state index contributed by atoms with van der Waals surface area (Å²) in [5, 5.41) is 0.811. The zero-order valence-corrected chi connectivity index (χ0v) is 12.0. The van der Waals surface area contributed by atoms with Crippen LogP contribution in [0.15, 0.2) is 36.5 Å². The molecule has 0 saturated heterocycles. The first-order chi connectivity index (χ1) is 9.82. The van der Waals surface area contributed by atoms with Gasteiger partial charge in [-0.2, -0.15) is 13.2 Å². The normalized spacial score (nSPS) is 13.2. The van der Waals surface area contributed by atoms with Crippen LogP contribution in [0.4, 0.5) is 13.2 Å². The fourth-order valence-corrected chi connectivity index (χ4v) is 2.22. The summed E-state index contributed by atoms with van der Waals surface area (Å²) in [4.78, 5) is 3.80. The van der Waals surface area contributed by atoms with E-state index in [-0.39, 0.29) is 0 Å². The van der Waals surface area contributed by atoms with Gasteiger partial charge in [-0.05, 0) is 35.9 Å². The van der Waals surface area contributed by atoms with Crippen LogP contribution >= 0.6 is 23.2 Å². The molecule has 0 aliphatic rings. The molecule has 0 spiro atoms. The van der Waals surface area contributed by atoms with Crippen molar-refractivity contribution in [1.29, 1.82) is 0 Å². The zero-order valence-electron chi connectivity index (χ0n) is 10.5. The fraction of sp³-hybridized carbons (Fsp3) is 0.154. The van der Waals surface area contributed by atoms with E-state index in [4.69, 9.17) is 29.0 Å². The molecule has 1 unspecified atom stereocenters. The number of nitrogens with zero attached hydrogens (tertiary/aromatic N) is 1. The molecule has 0 aliphatic heterocycles. The minimum Gasteiger partial charge on any atom is -0.271 e. The van der Waals surface area contributed by atoms with E-state index in [1.54, 1.807) is 18.2 Å². The van der Waals surface area contributed by atoms with E-state index in [1.165, 1.54) is 6.07 Å². The second kappa shape index (κ2) is 6.19. The monoisotopic (exact) mass is 335 g/mol. The largest absolute Gasteiger partial charge is 0.417 e. The van der Waals surface area contributed by atoms with Gasteiger partial charge in [0, 0.05) is 16.2 Å². The number of benzene rings is 1. The maximum absolute atomic E-state index is 12.5. The number of halogens is 5. The highest BCUT2D eigenvalue weighted by atomic mass is 35.5. The smallest absolute Gasteiger partial charge is 0.271 e. The highest BCUT2D eigenvalue weighted by Crippen LogP contribution is 2.32. The Morgan fingerprint density at radius 3 is 2.38 bits per heavy atom. The molecule has 1 aromatic heterocycles. The number of rotatable bonds is 3. The molecule has 0 aliphatic carbocycles. The van der Waals surface area contributed by atoms with Gasteiger partial charge in [-0.25, -0.2) is 5.43 Å². The number of hydrogen-bond donors (Lipinski definition) is 2. The third-order valence-electron chi connectivity index (χ3n) is 2.85. The van der Waals surface area contributed by atoms with Crippen LogP contribution in [0.3, 0.4) is 0 Å². The summed E-state index contributed by atoms with van der Waals surface area (Å²) in [5.41, 5.74) is 2.47. The van der Waals surface area contributed by atoms with Gasteiger partial charge in [0.1, 0.15) is 0 Å². The molecule has 21 heavy (non-hydrogen) atoms. The van der Waals surface area contributed by atoms with Gasteiger partial charge in [-0.15, -0.1) is 0 Å². The molecule has 0 fully saturated rings. The van der Waals surface area contributed by atoms with E-state index in [1.807, 2.05) is 0 Å². The Kier molecular flexibility index (Phi) is 4.73. The Balaban J connectivity index is 2.40. The molecule has 3 nitrogen and oxygen atoms in total. The number of nitrogens with two attached hydrogens (primary N) is 1. The van der Waals surface area contributed by atoms with Gasteiger partial charge in [-0.3, -0.25) is 10.8 Å². The van der Waals surface area contributed by atoms with Gasteiger partial charge in [0.15, 0.2) is 0 Å². The highest BCUT2D eigenvalue weighted by molar-refractivity contribution is 6.33. The Morgan fingerprint density at radius 1 is 1.14 bits per heavy atom. The maximum atomic E-state index is 12.5. The van der Waals surface area contributed by atoms with Crippen LogP contribution in [0, 0.1) is 0 Å². The fourth-order valence-electron chi connectivity index (χ4n) is 1.81. The SMILES string of the molecule is NNC(c1ccc(C(F)(F)F)cn1)c1cc(Cl)ccc1Cl. The van der Waals surface area contributed by atoms with Crippen molar-refractivity contribution in [2.24, 2.45) is 5.84 Å². The summed E-state index contributed by atoms with van der Waals surface area (Å²) in [6, 6.07) is 6.26. The predicted octanol–water partition coefficient (Wildman–Crippen LogP) is 3.96. The summed E-state index contributed by atoms with van der Waals surface area (Å²) in [5.74, 6) is 5.47. The molecular weight excluding hydrogens is 326 g/mol. The maximum Gasteiger partial charge on any atom is 0.417 e. The Bertz CT molecular complexity index is 630. The van der Waals surface area contributed by atoms with Crippen molar-refractivity contribution in [3.05, 3.63) is 63.4 Å². The highest BCUT2D eigenvalue weighted by Gasteiger charge is 2.31. The lowest BCUT2D eigenvalue weighted by Crippen LogP contribution is -2.29. The third kappa shape index (κ3) is 3.65. The van der Waals surface area contributed by atoms with Crippen molar-refractivity contribution in [2.45, 2.75) is 12.2 Å². The average Bonchev–Trinajstić information content (AvgIpc) is 2.43. The molecule has 2 rings (SSSR count). The second-order valence-electron chi connectivity index (χ2n) is 4.24. The summed E-state index contributed by atoms with van der Waals surface area (Å²) < 4.78 is 37.6. The van der Waals surface area contributed by atoms with Crippen LogP contribution in [-0.2, 0) is 6.18 Å². The Morgan fingerprint density at radius 2 is 1.86 bits per heavy atom. The van der Waals surface area contributed by atoms with Crippen molar-refractivity contribution in [2.75, 3.05) is 0 Å². The molecule has 1 heterocycles. The van der Waals surface area contributed by atoms with Gasteiger partial charge < -0.3 is 0 Å². The summed E-state index contributed by atoms with van der Waals surface area (Å²) in [6.07, 6.45) is -3.69. The summed E-state index contributed by atoms with van der Waals surface area (Å²) in [7, 11) is 0. The van der Waals surface area contributed by atoms with Gasteiger partial charge in [-0.1, -0.05) is 23.2 Å². The average molecular weight is 336 g/mol. The van der Waals surface area contributed by atoms with Crippen LogP contribution in [-0.4, -0.2) is 4.98 Å². The minimum absolute atomic E-state index is 0.301. The Labute approximate surface area is 128 Å². The lowest BCUT2D eigenvalue weighted by Gasteiger charge is -2.18. The van der Waals surface area contributed by atoms with E-state index in [9.17, 15) is 13.2 Å². The molecule has 1 aromatic carbocycles. The van der Waals surface area contributed by atoms with Crippen LogP contribution in [0.25, 0.3) is 0 Å². The first-order valence-corrected chi connectivity index (χ1v) is 6.52. The Hall–Kier alpha value is -1.34. The molecular formula is C13H10Cl2F3N3. The lowest BCUT2D eigenvalue weighted by molar-refractivity contribution is -0.137. The van der Waals surface area contributed by atoms with E-state index in [0.29, 0.717) is 21.3 Å². The van der Waals surface area contributed by atoms with Gasteiger partial charge >= 0.3 is 6.18 Å². The number of nitrogens with one attached hydrogen (secondary N) is 1. The third-order valence-corrected chi connectivity index (χ3v) is 3.42. The van der Waals surface area contributed by atoms with Crippen molar-refractivity contribution < 1.29 is 13.2 Å². The topological polar surface area (TPSA) is 50.9 Å². The quantitative estimate of drug-likeness (QED) is 0.659. The predicted molar refractivity (Wildman–Crippen MR) is 74.9 cm³/mol. The molecule has 112 valence electrons. The van der Waals surface area contributed by atoms with Crippen molar-refractivity contribution in [3.8, 4) is 0 Å². The van der Waals surface area contributed by atoms with Crippen LogP contribution < -0.4 is 11.3 Å². The molecule has 2 aromatic rings. The first-order valence-electron chi connectivity index (χ1n) is 5.77. The van der Waals surface area contributed by atoms with Crippen LogP contribution in [0.5, 0.6) is 0 Å². The standard InChI is InChI=1S/C13H10Cl2F3N3/c14-8-2-3-10(15)9(5-8)12(21-19)11-4-1-7(6-20-11)13(16,17)18/h1-6,12,21H,19H2. The van der Waals surface area contributed by atoms with Crippen molar-refractivity contribution >= 4 is 23.2 Å². The molecule has 3 N–H and O–H groups in total. The lowest BCUT2D eigenvalue weighted by atomic mass is 10.0. The number of hydrazine groups is 1. The van der Waals surface area contributed by atoms with Gasteiger partial charge in [0.25, 0.3) is 0 Å². The molecule has 0 bridgehead atoms. The number of aromatic nitrogens is 1. The van der Waals surface area contributed by atoms with Crippen LogP contribution in [0.2, 0.25) is 10.0 Å². The van der Waals surface area contributed by atoms with E-state index in [0.717, 1.165) is 12.3 Å². The number of alkyl halides is 3. The van der Waals surface area contributed by atoms with Crippen LogP contribution in [0.1, 0.15) is 22.9 Å². The molecule has 0 radical (unpaired) electrons. The first kappa shape index (κ1) is 16.0. The second-order valence-corrected chi connectivity index (χ2v) is 5.08. The molecule has 0 saturated carbocycles. The number of hydrogen-bond acceptors (Lipinski definition) is 3. The van der Waals surface area contributed by atoms with E-state index in [2.05, 4.69) is 10.4 Å². The van der Waals surface area contributed by atoms with Crippen molar-refractivity contribution in [1.82, 2.24) is 10.4 Å². The number of pyridine rings is 1. The molecule has 1 atom stereocenters. The summed E-state index contributed by atoms with van der Waals surface area (Å²) >= 11 is 12.0. The van der Waals surface area contributed by atoms with Gasteiger partial charge in [0.2, 0.25) is 0 Å². The minimum atomic E-state index is -4.44. The van der Waals surface area contributed by atoms with E-state index >= 15 is 0 Å².